The van der Waals surface area contributed by atoms with Crippen molar-refractivity contribution in [2.45, 2.75) is 20.5 Å². The van der Waals surface area contributed by atoms with Crippen LogP contribution in [0.25, 0.3) is 6.08 Å². The van der Waals surface area contributed by atoms with Crippen LogP contribution in [0.4, 0.5) is 0 Å². The lowest BCUT2D eigenvalue weighted by atomic mass is 10.1. The van der Waals surface area contributed by atoms with Gasteiger partial charge in [-0.05, 0) is 26.0 Å². The molecule has 3 rings (SSSR count). The van der Waals surface area contributed by atoms with E-state index >= 15 is 0 Å². The van der Waals surface area contributed by atoms with Gasteiger partial charge >= 0.3 is 5.97 Å². The number of hydrogen-bond donors (Lipinski definition) is 0. The zero-order valence-corrected chi connectivity index (χ0v) is 11.9. The predicted octanol–water partition coefficient (Wildman–Crippen LogP) is 2.81. The number of aromatic nitrogens is 1. The molecule has 1 aliphatic rings. The Bertz CT molecular complexity index is 695. The minimum atomic E-state index is -0.385. The molecular weight excluding hydrogens is 270 g/mol. The number of esters is 1. The molecule has 1 aromatic heterocycles. The summed E-state index contributed by atoms with van der Waals surface area (Å²) >= 11 is 0. The first-order valence-corrected chi connectivity index (χ1v) is 6.66. The second kappa shape index (κ2) is 5.44. The Hall–Kier alpha value is -2.56. The van der Waals surface area contributed by atoms with Gasteiger partial charge in [0.2, 0.25) is 0 Å². The Balaban J connectivity index is 1.71. The number of ether oxygens (including phenoxy) is 2. The topological polar surface area (TPSA) is 61.6 Å². The molecule has 2 aromatic rings. The van der Waals surface area contributed by atoms with Crippen molar-refractivity contribution >= 4 is 12.0 Å². The molecule has 0 saturated heterocycles. The van der Waals surface area contributed by atoms with Crippen LogP contribution >= 0.6 is 0 Å². The molecule has 108 valence electrons. The van der Waals surface area contributed by atoms with E-state index in [1.807, 2.05) is 31.2 Å². The number of aryl methyl sites for hydroxylation is 2. The minimum absolute atomic E-state index is 0.152. The van der Waals surface area contributed by atoms with Crippen molar-refractivity contribution in [1.29, 1.82) is 0 Å². The van der Waals surface area contributed by atoms with Crippen LogP contribution < -0.4 is 4.74 Å². The van der Waals surface area contributed by atoms with Gasteiger partial charge < -0.3 is 14.0 Å². The fraction of sp³-hybridized carbons (Fsp3) is 0.250. The summed E-state index contributed by atoms with van der Waals surface area (Å²) in [4.78, 5) is 12.1. The lowest BCUT2D eigenvalue weighted by Gasteiger charge is -2.16. The molecule has 0 unspecified atom stereocenters. The van der Waals surface area contributed by atoms with Gasteiger partial charge in [-0.15, -0.1) is 0 Å². The average Bonchev–Trinajstić information content (AvgIpc) is 2.83. The van der Waals surface area contributed by atoms with Crippen LogP contribution in [0, 0.1) is 13.8 Å². The second-order valence-electron chi connectivity index (χ2n) is 4.87. The van der Waals surface area contributed by atoms with Crippen LogP contribution in [0.3, 0.4) is 0 Å². The van der Waals surface area contributed by atoms with Gasteiger partial charge in [0.25, 0.3) is 0 Å². The Labute approximate surface area is 122 Å². The van der Waals surface area contributed by atoms with Gasteiger partial charge in [-0.2, -0.15) is 0 Å². The summed E-state index contributed by atoms with van der Waals surface area (Å²) in [6.07, 6.45) is 1.80. The Morgan fingerprint density at radius 3 is 2.90 bits per heavy atom. The standard InChI is InChI=1S/C16H15NO4/c1-10-14(11(2)21-17-10)9-20-16(18)13-7-12-5-3-4-6-15(12)19-8-13/h3-7H,8-9H2,1-2H3. The third-order valence-electron chi connectivity index (χ3n) is 3.42. The Morgan fingerprint density at radius 1 is 1.33 bits per heavy atom. The number of para-hydroxylation sites is 1. The molecule has 0 amide bonds. The highest BCUT2D eigenvalue weighted by Gasteiger charge is 2.19. The maximum absolute atomic E-state index is 12.1. The summed E-state index contributed by atoms with van der Waals surface area (Å²) in [7, 11) is 0. The lowest BCUT2D eigenvalue weighted by Crippen LogP contribution is -2.17. The molecule has 2 heterocycles. The molecule has 1 aromatic carbocycles. The van der Waals surface area contributed by atoms with Crippen LogP contribution in [0.1, 0.15) is 22.6 Å². The van der Waals surface area contributed by atoms with Gasteiger partial charge in [0.1, 0.15) is 24.7 Å². The van der Waals surface area contributed by atoms with Gasteiger partial charge in [-0.1, -0.05) is 23.4 Å². The van der Waals surface area contributed by atoms with Crippen molar-refractivity contribution in [2.75, 3.05) is 6.61 Å². The molecule has 0 spiro atoms. The molecule has 5 nitrogen and oxygen atoms in total. The third kappa shape index (κ3) is 2.67. The van der Waals surface area contributed by atoms with E-state index in [2.05, 4.69) is 5.16 Å². The number of benzene rings is 1. The first-order chi connectivity index (χ1) is 10.1. The number of rotatable bonds is 3. The summed E-state index contributed by atoms with van der Waals surface area (Å²) in [6.45, 7) is 3.98. The van der Waals surface area contributed by atoms with E-state index in [0.717, 1.165) is 22.6 Å². The van der Waals surface area contributed by atoms with Gasteiger partial charge in [-0.3, -0.25) is 0 Å². The minimum Gasteiger partial charge on any atom is -0.488 e. The SMILES string of the molecule is Cc1noc(C)c1COC(=O)C1=Cc2ccccc2OC1. The highest BCUT2D eigenvalue weighted by atomic mass is 16.5. The summed E-state index contributed by atoms with van der Waals surface area (Å²) in [5.41, 5.74) is 2.93. The molecule has 0 radical (unpaired) electrons. The zero-order chi connectivity index (χ0) is 14.8. The van der Waals surface area contributed by atoms with E-state index in [1.54, 1.807) is 13.0 Å². The lowest BCUT2D eigenvalue weighted by molar-refractivity contribution is -0.140. The van der Waals surface area contributed by atoms with Crippen molar-refractivity contribution in [2.24, 2.45) is 0 Å². The summed E-state index contributed by atoms with van der Waals surface area (Å²) in [5, 5.41) is 3.83. The highest BCUT2D eigenvalue weighted by Crippen LogP contribution is 2.26. The Morgan fingerprint density at radius 2 is 2.14 bits per heavy atom. The largest absolute Gasteiger partial charge is 0.488 e. The number of carbonyl (C=O) groups is 1. The van der Waals surface area contributed by atoms with E-state index in [4.69, 9.17) is 14.0 Å². The fourth-order valence-corrected chi connectivity index (χ4v) is 2.17. The second-order valence-corrected chi connectivity index (χ2v) is 4.87. The molecule has 1 aliphatic heterocycles. The molecule has 0 atom stereocenters. The van der Waals surface area contributed by atoms with Crippen molar-refractivity contribution < 1.29 is 18.8 Å². The van der Waals surface area contributed by atoms with Gasteiger partial charge in [0.15, 0.2) is 0 Å². The number of hydrogen-bond acceptors (Lipinski definition) is 5. The first kappa shape index (κ1) is 13.4. The number of fused-ring (bicyclic) bond motifs is 1. The van der Waals surface area contributed by atoms with Crippen molar-refractivity contribution in [3.8, 4) is 5.75 Å². The zero-order valence-electron chi connectivity index (χ0n) is 11.9. The molecule has 0 fully saturated rings. The van der Waals surface area contributed by atoms with Crippen LogP contribution in [0.5, 0.6) is 5.75 Å². The van der Waals surface area contributed by atoms with Crippen LogP contribution in [-0.4, -0.2) is 17.7 Å². The molecule has 0 N–H and O–H groups in total. The Kier molecular flexibility index (Phi) is 3.48. The van der Waals surface area contributed by atoms with E-state index in [-0.39, 0.29) is 19.2 Å². The molecule has 21 heavy (non-hydrogen) atoms. The highest BCUT2D eigenvalue weighted by molar-refractivity contribution is 5.95. The first-order valence-electron chi connectivity index (χ1n) is 6.66. The van der Waals surface area contributed by atoms with Gasteiger partial charge in [-0.25, -0.2) is 4.79 Å². The monoisotopic (exact) mass is 285 g/mol. The molecule has 0 bridgehead atoms. The molecular formula is C16H15NO4. The van der Waals surface area contributed by atoms with Gasteiger partial charge in [0, 0.05) is 5.56 Å². The summed E-state index contributed by atoms with van der Waals surface area (Å²) < 4.78 is 15.9. The number of carbonyl (C=O) groups excluding carboxylic acids is 1. The van der Waals surface area contributed by atoms with Crippen LogP contribution in [-0.2, 0) is 16.1 Å². The smallest absolute Gasteiger partial charge is 0.337 e. The fourth-order valence-electron chi connectivity index (χ4n) is 2.17. The molecule has 5 heteroatoms. The summed E-state index contributed by atoms with van der Waals surface area (Å²) in [5.74, 6) is 1.06. The molecule has 0 aliphatic carbocycles. The summed E-state index contributed by atoms with van der Waals surface area (Å²) in [6, 6.07) is 7.57. The van der Waals surface area contributed by atoms with Crippen molar-refractivity contribution in [3.63, 3.8) is 0 Å². The molecule has 0 saturated carbocycles. The van der Waals surface area contributed by atoms with Crippen LogP contribution in [0.2, 0.25) is 0 Å². The van der Waals surface area contributed by atoms with E-state index in [0.29, 0.717) is 11.3 Å². The van der Waals surface area contributed by atoms with Crippen LogP contribution in [0.15, 0.2) is 34.4 Å². The maximum Gasteiger partial charge on any atom is 0.337 e. The predicted molar refractivity (Wildman–Crippen MR) is 75.7 cm³/mol. The van der Waals surface area contributed by atoms with Crippen molar-refractivity contribution in [3.05, 3.63) is 52.4 Å². The van der Waals surface area contributed by atoms with Crippen molar-refractivity contribution in [1.82, 2.24) is 5.16 Å². The third-order valence-corrected chi connectivity index (χ3v) is 3.42. The average molecular weight is 285 g/mol. The van der Waals surface area contributed by atoms with E-state index < -0.39 is 0 Å². The van der Waals surface area contributed by atoms with E-state index in [1.165, 1.54) is 0 Å². The van der Waals surface area contributed by atoms with Gasteiger partial charge in [0.05, 0.1) is 16.8 Å². The van der Waals surface area contributed by atoms with E-state index in [9.17, 15) is 4.79 Å². The maximum atomic E-state index is 12.1. The normalized spacial score (nSPS) is 13.1. The number of nitrogens with zero attached hydrogens (tertiary/aromatic N) is 1. The quantitative estimate of drug-likeness (QED) is 0.811.